The van der Waals surface area contributed by atoms with Crippen LogP contribution in [0.25, 0.3) is 0 Å². The van der Waals surface area contributed by atoms with Crippen LogP contribution in [-0.4, -0.2) is 21.9 Å². The van der Waals surface area contributed by atoms with Crippen LogP contribution < -0.4 is 5.32 Å². The predicted octanol–water partition coefficient (Wildman–Crippen LogP) is 3.54. The molecule has 0 atom stereocenters. The molecule has 110 valence electrons. The highest BCUT2D eigenvalue weighted by Crippen LogP contribution is 2.23. The summed E-state index contributed by atoms with van der Waals surface area (Å²) in [6, 6.07) is 0. The summed E-state index contributed by atoms with van der Waals surface area (Å²) in [5.74, 6) is 0. The Morgan fingerprint density at radius 1 is 1.30 bits per heavy atom. The lowest BCUT2D eigenvalue weighted by Crippen LogP contribution is -2.32. The molecule has 0 aromatic carbocycles. The molecule has 1 N–H and O–H groups in total. The van der Waals surface area contributed by atoms with Crippen molar-refractivity contribution in [1.29, 1.82) is 0 Å². The van der Waals surface area contributed by atoms with E-state index in [1.807, 2.05) is 0 Å². The number of carbonyl (C=O) groups excluding carboxylic acids is 1. The van der Waals surface area contributed by atoms with E-state index in [-0.39, 0.29) is 16.9 Å². The normalized spacial score (nSPS) is 11.1. The van der Waals surface area contributed by atoms with E-state index in [9.17, 15) is 4.79 Å². The highest BCUT2D eigenvalue weighted by Gasteiger charge is 2.18. The van der Waals surface area contributed by atoms with Gasteiger partial charge in [-0.3, -0.25) is 0 Å². The summed E-state index contributed by atoms with van der Waals surface area (Å²) in [5, 5.41) is 10.5. The first kappa shape index (κ1) is 16.7. The van der Waals surface area contributed by atoms with Gasteiger partial charge in [0.1, 0.15) is 5.60 Å². The minimum absolute atomic E-state index is 0.159. The Morgan fingerprint density at radius 3 is 2.35 bits per heavy atom. The quantitative estimate of drug-likeness (QED) is 0.863. The molecule has 0 unspecified atom stereocenters. The number of amides is 1. The highest BCUT2D eigenvalue weighted by molar-refractivity contribution is 6.32. The van der Waals surface area contributed by atoms with Crippen LogP contribution in [-0.2, 0) is 17.7 Å². The molecular formula is C13H17Cl2N3O2. The average Bonchev–Trinajstić information content (AvgIpc) is 2.31. The fourth-order valence-corrected chi connectivity index (χ4v) is 1.91. The summed E-state index contributed by atoms with van der Waals surface area (Å²) in [4.78, 5) is 11.6. The fraction of sp³-hybridized carbons (Fsp3) is 0.462. The molecule has 7 heteroatoms. The maximum absolute atomic E-state index is 11.6. The fourth-order valence-electron chi connectivity index (χ4n) is 1.46. The number of hydrogen-bond donors (Lipinski definition) is 1. The number of nitrogens with one attached hydrogen (secondary N) is 1. The van der Waals surface area contributed by atoms with Crippen molar-refractivity contribution in [2.75, 3.05) is 0 Å². The lowest BCUT2D eigenvalue weighted by molar-refractivity contribution is 0.0523. The van der Waals surface area contributed by atoms with Crippen molar-refractivity contribution >= 4 is 29.3 Å². The molecule has 1 amide bonds. The zero-order valence-electron chi connectivity index (χ0n) is 11.7. The van der Waals surface area contributed by atoms with E-state index in [1.165, 1.54) is 0 Å². The van der Waals surface area contributed by atoms with Gasteiger partial charge in [0.2, 0.25) is 0 Å². The molecule has 0 spiro atoms. The predicted molar refractivity (Wildman–Crippen MR) is 79.0 cm³/mol. The van der Waals surface area contributed by atoms with E-state index in [2.05, 4.69) is 22.1 Å². The molecule has 1 aromatic rings. The van der Waals surface area contributed by atoms with Gasteiger partial charge < -0.3 is 10.1 Å². The Kier molecular flexibility index (Phi) is 5.77. The van der Waals surface area contributed by atoms with Gasteiger partial charge in [0.15, 0.2) is 10.3 Å². The van der Waals surface area contributed by atoms with E-state index in [0.717, 1.165) is 0 Å². The van der Waals surface area contributed by atoms with E-state index < -0.39 is 11.7 Å². The standard InChI is InChI=1S/C13H17Cl2N3O2/c1-5-6-8-9(11(15)18-17-10(8)14)7-16-12(19)20-13(2,3)4/h5H,1,6-7H2,2-4H3,(H,16,19). The van der Waals surface area contributed by atoms with Crippen molar-refractivity contribution in [3.05, 3.63) is 34.1 Å². The summed E-state index contributed by atoms with van der Waals surface area (Å²) < 4.78 is 5.15. The number of rotatable bonds is 4. The van der Waals surface area contributed by atoms with Crippen LogP contribution >= 0.6 is 23.2 Å². The van der Waals surface area contributed by atoms with Crippen molar-refractivity contribution in [2.45, 2.75) is 39.3 Å². The molecule has 1 rings (SSSR count). The largest absolute Gasteiger partial charge is 0.444 e. The number of ether oxygens (including phenoxy) is 1. The number of hydrogen-bond acceptors (Lipinski definition) is 4. The number of aromatic nitrogens is 2. The molecule has 1 heterocycles. The Bertz CT molecular complexity index is 513. The van der Waals surface area contributed by atoms with E-state index in [0.29, 0.717) is 17.5 Å². The number of alkyl carbamates (subject to hydrolysis) is 1. The molecular weight excluding hydrogens is 301 g/mol. The lowest BCUT2D eigenvalue weighted by Gasteiger charge is -2.20. The SMILES string of the molecule is C=CCc1c(Cl)nnc(Cl)c1CNC(=O)OC(C)(C)C. The molecule has 0 aliphatic rings. The van der Waals surface area contributed by atoms with Crippen LogP contribution in [0, 0.1) is 0 Å². The number of carbonyl (C=O) groups is 1. The van der Waals surface area contributed by atoms with E-state index in [4.69, 9.17) is 27.9 Å². The second kappa shape index (κ2) is 6.90. The first-order chi connectivity index (χ1) is 9.24. The smallest absolute Gasteiger partial charge is 0.407 e. The van der Waals surface area contributed by atoms with Gasteiger partial charge in [-0.15, -0.1) is 16.8 Å². The van der Waals surface area contributed by atoms with Crippen LogP contribution in [0.15, 0.2) is 12.7 Å². The summed E-state index contributed by atoms with van der Waals surface area (Å²) in [5.41, 5.74) is 0.738. The van der Waals surface area contributed by atoms with Crippen LogP contribution in [0.5, 0.6) is 0 Å². The first-order valence-electron chi connectivity index (χ1n) is 6.01. The summed E-state index contributed by atoms with van der Waals surface area (Å²) in [6.45, 7) is 9.16. The Balaban J connectivity index is 2.84. The third-order valence-electron chi connectivity index (χ3n) is 2.24. The van der Waals surface area contributed by atoms with Gasteiger partial charge in [-0.25, -0.2) is 4.79 Å². The maximum atomic E-state index is 11.6. The van der Waals surface area contributed by atoms with Gasteiger partial charge in [-0.1, -0.05) is 29.3 Å². The second-order valence-electron chi connectivity index (χ2n) is 5.09. The number of allylic oxidation sites excluding steroid dienone is 1. The second-order valence-corrected chi connectivity index (χ2v) is 5.80. The van der Waals surface area contributed by atoms with Gasteiger partial charge in [-0.2, -0.15) is 0 Å². The van der Waals surface area contributed by atoms with Gasteiger partial charge >= 0.3 is 6.09 Å². The zero-order chi connectivity index (χ0) is 15.3. The molecule has 0 fully saturated rings. The molecule has 0 bridgehead atoms. The summed E-state index contributed by atoms with van der Waals surface area (Å²) in [6.07, 6.45) is 1.63. The van der Waals surface area contributed by atoms with Gasteiger partial charge in [0, 0.05) is 17.7 Å². The molecule has 1 aromatic heterocycles. The minimum atomic E-state index is -0.564. The molecule has 0 aliphatic heterocycles. The Labute approximate surface area is 128 Å². The van der Waals surface area contributed by atoms with Gasteiger partial charge in [0.25, 0.3) is 0 Å². The van der Waals surface area contributed by atoms with E-state index >= 15 is 0 Å². The molecule has 20 heavy (non-hydrogen) atoms. The van der Waals surface area contributed by atoms with Crippen LogP contribution in [0.1, 0.15) is 31.9 Å². The maximum Gasteiger partial charge on any atom is 0.407 e. The molecule has 0 aliphatic carbocycles. The molecule has 0 radical (unpaired) electrons. The summed E-state index contributed by atoms with van der Waals surface area (Å²) in [7, 11) is 0. The monoisotopic (exact) mass is 317 g/mol. The van der Waals surface area contributed by atoms with Crippen LogP contribution in [0.3, 0.4) is 0 Å². The van der Waals surface area contributed by atoms with Gasteiger partial charge in [0.05, 0.1) is 0 Å². The third kappa shape index (κ3) is 4.98. The first-order valence-corrected chi connectivity index (χ1v) is 6.77. The van der Waals surface area contributed by atoms with Crippen molar-refractivity contribution in [2.24, 2.45) is 0 Å². The minimum Gasteiger partial charge on any atom is -0.444 e. The number of nitrogens with zero attached hydrogens (tertiary/aromatic N) is 2. The Morgan fingerprint density at radius 2 is 1.85 bits per heavy atom. The topological polar surface area (TPSA) is 64.1 Å². The van der Waals surface area contributed by atoms with Crippen molar-refractivity contribution in [1.82, 2.24) is 15.5 Å². The zero-order valence-corrected chi connectivity index (χ0v) is 13.2. The average molecular weight is 318 g/mol. The summed E-state index contributed by atoms with van der Waals surface area (Å²) >= 11 is 12.0. The van der Waals surface area contributed by atoms with Gasteiger partial charge in [-0.05, 0) is 27.2 Å². The molecule has 5 nitrogen and oxygen atoms in total. The van der Waals surface area contributed by atoms with Crippen molar-refractivity contribution in [3.63, 3.8) is 0 Å². The van der Waals surface area contributed by atoms with Crippen LogP contribution in [0.4, 0.5) is 4.79 Å². The molecule has 0 saturated carbocycles. The number of halogens is 2. The molecule has 0 saturated heterocycles. The van der Waals surface area contributed by atoms with Crippen LogP contribution in [0.2, 0.25) is 10.3 Å². The van der Waals surface area contributed by atoms with Crippen molar-refractivity contribution in [3.8, 4) is 0 Å². The Hall–Kier alpha value is -1.33. The van der Waals surface area contributed by atoms with E-state index in [1.54, 1.807) is 26.8 Å². The highest BCUT2D eigenvalue weighted by atomic mass is 35.5. The lowest BCUT2D eigenvalue weighted by atomic mass is 10.1. The van der Waals surface area contributed by atoms with Crippen molar-refractivity contribution < 1.29 is 9.53 Å². The third-order valence-corrected chi connectivity index (χ3v) is 2.85.